The largest absolute Gasteiger partial charge is 0.507 e. The first-order chi connectivity index (χ1) is 16.0. The van der Waals surface area contributed by atoms with E-state index in [0.717, 1.165) is 12.8 Å². The highest BCUT2D eigenvalue weighted by Crippen LogP contribution is 2.41. The van der Waals surface area contributed by atoms with Crippen molar-refractivity contribution in [2.24, 2.45) is 0 Å². The van der Waals surface area contributed by atoms with Gasteiger partial charge < -0.3 is 19.2 Å². The average Bonchev–Trinajstić information content (AvgIpc) is 3.41. The molecule has 1 atom stereocenters. The monoisotopic (exact) mass is 465 g/mol. The van der Waals surface area contributed by atoms with Crippen LogP contribution < -0.4 is 4.74 Å². The van der Waals surface area contributed by atoms with E-state index < -0.39 is 17.7 Å². The van der Waals surface area contributed by atoms with Crippen molar-refractivity contribution in [2.75, 3.05) is 6.61 Å². The molecule has 3 aromatic rings. The number of ether oxygens (including phenoxy) is 1. The van der Waals surface area contributed by atoms with Gasteiger partial charge in [-0.15, -0.1) is 0 Å². The quantitative estimate of drug-likeness (QED) is 0.199. The highest BCUT2D eigenvalue weighted by molar-refractivity contribution is 6.46. The molecule has 6 nitrogen and oxygen atoms in total. The number of benzene rings is 2. The second kappa shape index (κ2) is 9.96. The van der Waals surface area contributed by atoms with Gasteiger partial charge in [0.25, 0.3) is 11.7 Å². The van der Waals surface area contributed by atoms with E-state index in [1.165, 1.54) is 11.2 Å². The lowest BCUT2D eigenvalue weighted by atomic mass is 9.95. The molecule has 1 amide bonds. The van der Waals surface area contributed by atoms with E-state index in [1.54, 1.807) is 60.7 Å². The predicted molar refractivity (Wildman–Crippen MR) is 125 cm³/mol. The molecule has 1 unspecified atom stereocenters. The lowest BCUT2D eigenvalue weighted by molar-refractivity contribution is -0.140. The van der Waals surface area contributed by atoms with Crippen LogP contribution in [0.5, 0.6) is 5.75 Å². The van der Waals surface area contributed by atoms with Gasteiger partial charge in [0.2, 0.25) is 0 Å². The van der Waals surface area contributed by atoms with Crippen molar-refractivity contribution in [1.29, 1.82) is 0 Å². The van der Waals surface area contributed by atoms with Crippen molar-refractivity contribution in [3.05, 3.63) is 94.4 Å². The number of carbonyl (C=O) groups is 2. The average molecular weight is 466 g/mol. The van der Waals surface area contributed by atoms with Crippen LogP contribution in [0.15, 0.2) is 76.9 Å². The molecule has 1 aromatic heterocycles. The second-order valence-corrected chi connectivity index (χ2v) is 8.23. The summed E-state index contributed by atoms with van der Waals surface area (Å²) in [5, 5.41) is 11.7. The SMILES string of the molecule is CCCCOc1cccc(/C(O)=C2\C(=O)C(=O)N(Cc3ccco3)C2c2cccc(Cl)c2)c1. The van der Waals surface area contributed by atoms with Crippen LogP contribution in [0.3, 0.4) is 0 Å². The van der Waals surface area contributed by atoms with Crippen LogP contribution >= 0.6 is 11.6 Å². The van der Waals surface area contributed by atoms with Gasteiger partial charge in [-0.25, -0.2) is 0 Å². The summed E-state index contributed by atoms with van der Waals surface area (Å²) in [6, 6.07) is 16.4. The number of halogens is 1. The van der Waals surface area contributed by atoms with Gasteiger partial charge in [0.05, 0.1) is 31.0 Å². The fourth-order valence-corrected chi connectivity index (χ4v) is 4.06. The molecular formula is C26H24ClNO5. The number of Topliss-reactive ketones (excluding diaryl/α,β-unsaturated/α-hetero) is 1. The summed E-state index contributed by atoms with van der Waals surface area (Å²) >= 11 is 6.21. The Balaban J connectivity index is 1.79. The highest BCUT2D eigenvalue weighted by atomic mass is 35.5. The molecule has 0 radical (unpaired) electrons. The normalized spacial score (nSPS) is 17.5. The summed E-state index contributed by atoms with van der Waals surface area (Å²) in [7, 11) is 0. The van der Waals surface area contributed by atoms with Crippen LogP contribution in [0, 0.1) is 0 Å². The highest BCUT2D eigenvalue weighted by Gasteiger charge is 2.46. The molecule has 0 bridgehead atoms. The number of amides is 1. The molecule has 7 heteroatoms. The Hall–Kier alpha value is -3.51. The van der Waals surface area contributed by atoms with E-state index in [9.17, 15) is 14.7 Å². The van der Waals surface area contributed by atoms with Crippen LogP contribution in [0.4, 0.5) is 0 Å². The third-order valence-electron chi connectivity index (χ3n) is 5.48. The van der Waals surface area contributed by atoms with Crippen molar-refractivity contribution in [2.45, 2.75) is 32.4 Å². The number of nitrogens with zero attached hydrogens (tertiary/aromatic N) is 1. The zero-order valence-electron chi connectivity index (χ0n) is 18.2. The minimum absolute atomic E-state index is 0.000434. The number of carbonyl (C=O) groups excluding carboxylic acids is 2. The van der Waals surface area contributed by atoms with Crippen molar-refractivity contribution >= 4 is 29.1 Å². The molecule has 0 saturated carbocycles. The zero-order valence-corrected chi connectivity index (χ0v) is 18.9. The van der Waals surface area contributed by atoms with Crippen LogP contribution in [0.25, 0.3) is 5.76 Å². The van der Waals surface area contributed by atoms with E-state index in [1.807, 2.05) is 0 Å². The lowest BCUT2D eigenvalue weighted by Gasteiger charge is -2.24. The molecular weight excluding hydrogens is 442 g/mol. The van der Waals surface area contributed by atoms with Crippen molar-refractivity contribution < 1.29 is 23.8 Å². The fourth-order valence-electron chi connectivity index (χ4n) is 3.86. The molecule has 1 aliphatic heterocycles. The topological polar surface area (TPSA) is 80.0 Å². The number of furan rings is 1. The van der Waals surface area contributed by atoms with Gasteiger partial charge in [0, 0.05) is 10.6 Å². The number of rotatable bonds is 8. The van der Waals surface area contributed by atoms with Gasteiger partial charge in [-0.2, -0.15) is 0 Å². The molecule has 4 rings (SSSR count). The number of hydrogen-bond acceptors (Lipinski definition) is 5. The number of aliphatic hydroxyl groups is 1. The van der Waals surface area contributed by atoms with Crippen LogP contribution in [-0.2, 0) is 16.1 Å². The first-order valence-electron chi connectivity index (χ1n) is 10.8. The lowest BCUT2D eigenvalue weighted by Crippen LogP contribution is -2.29. The summed E-state index contributed by atoms with van der Waals surface area (Å²) in [5.41, 5.74) is 1.01. The molecule has 1 aliphatic rings. The van der Waals surface area contributed by atoms with Gasteiger partial charge in [0.1, 0.15) is 17.3 Å². The van der Waals surface area contributed by atoms with Crippen molar-refractivity contribution in [3.8, 4) is 5.75 Å². The number of aliphatic hydroxyl groups excluding tert-OH is 1. The Labute approximate surface area is 197 Å². The Morgan fingerprint density at radius 2 is 1.94 bits per heavy atom. The van der Waals surface area contributed by atoms with Gasteiger partial charge in [-0.05, 0) is 48.4 Å². The van der Waals surface area contributed by atoms with E-state index in [2.05, 4.69) is 6.92 Å². The maximum Gasteiger partial charge on any atom is 0.296 e. The van der Waals surface area contributed by atoms with Gasteiger partial charge in [0.15, 0.2) is 0 Å². The molecule has 0 spiro atoms. The summed E-state index contributed by atoms with van der Waals surface area (Å²) in [4.78, 5) is 27.5. The number of likely N-dealkylation sites (tertiary alicyclic amines) is 1. The Morgan fingerprint density at radius 3 is 2.67 bits per heavy atom. The summed E-state index contributed by atoms with van der Waals surface area (Å²) in [5.74, 6) is -0.636. The minimum Gasteiger partial charge on any atom is -0.507 e. The molecule has 170 valence electrons. The molecule has 1 fully saturated rings. The first kappa shape index (κ1) is 22.7. The molecule has 2 aromatic carbocycles. The molecule has 33 heavy (non-hydrogen) atoms. The summed E-state index contributed by atoms with van der Waals surface area (Å²) in [6.07, 6.45) is 3.41. The number of ketones is 1. The first-order valence-corrected chi connectivity index (χ1v) is 11.2. The van der Waals surface area contributed by atoms with Gasteiger partial charge in [-0.3, -0.25) is 9.59 Å². The van der Waals surface area contributed by atoms with Crippen LogP contribution in [-0.4, -0.2) is 28.3 Å². The minimum atomic E-state index is -0.821. The Bertz CT molecular complexity index is 1180. The third-order valence-corrected chi connectivity index (χ3v) is 5.72. The summed E-state index contributed by atoms with van der Waals surface area (Å²) in [6.45, 7) is 2.70. The maximum absolute atomic E-state index is 13.1. The second-order valence-electron chi connectivity index (χ2n) is 7.79. The standard InChI is InChI=1S/C26H24ClNO5/c1-2-3-12-32-20-10-5-8-18(15-20)24(29)22-23(17-7-4-9-19(27)14-17)28(26(31)25(22)30)16-21-11-6-13-33-21/h4-11,13-15,23,29H,2-3,12,16H2,1H3/b24-22+. The van der Waals surface area contributed by atoms with Crippen LogP contribution in [0.2, 0.25) is 5.02 Å². The van der Waals surface area contributed by atoms with E-state index >= 15 is 0 Å². The zero-order chi connectivity index (χ0) is 23.4. The van der Waals surface area contributed by atoms with Crippen molar-refractivity contribution in [1.82, 2.24) is 4.90 Å². The molecule has 1 saturated heterocycles. The number of unbranched alkanes of at least 4 members (excludes halogenated alkanes) is 1. The van der Waals surface area contributed by atoms with Gasteiger partial charge >= 0.3 is 0 Å². The van der Waals surface area contributed by atoms with E-state index in [4.69, 9.17) is 20.8 Å². The fraction of sp³-hybridized carbons (Fsp3) is 0.231. The Morgan fingerprint density at radius 1 is 1.12 bits per heavy atom. The molecule has 2 heterocycles. The molecule has 0 aliphatic carbocycles. The van der Waals surface area contributed by atoms with E-state index in [0.29, 0.717) is 34.3 Å². The third kappa shape index (κ3) is 4.81. The van der Waals surface area contributed by atoms with E-state index in [-0.39, 0.29) is 17.9 Å². The Kier molecular flexibility index (Phi) is 6.84. The summed E-state index contributed by atoms with van der Waals surface area (Å²) < 4.78 is 11.1. The predicted octanol–water partition coefficient (Wildman–Crippen LogP) is 5.73. The number of hydrogen-bond donors (Lipinski definition) is 1. The van der Waals surface area contributed by atoms with Gasteiger partial charge in [-0.1, -0.05) is 49.2 Å². The maximum atomic E-state index is 13.1. The smallest absolute Gasteiger partial charge is 0.296 e. The molecule has 1 N–H and O–H groups in total. The van der Waals surface area contributed by atoms with Crippen molar-refractivity contribution in [3.63, 3.8) is 0 Å². The van der Waals surface area contributed by atoms with Crippen LogP contribution in [0.1, 0.15) is 42.7 Å².